The first-order valence-electron chi connectivity index (χ1n) is 5.22. The summed E-state index contributed by atoms with van der Waals surface area (Å²) in [5.41, 5.74) is -1.17. The molecule has 1 N–H and O–H groups in total. The molecule has 1 fully saturated rings. The average molecular weight is 280 g/mol. The van der Waals surface area contributed by atoms with E-state index in [9.17, 15) is 16.8 Å². The molecule has 1 heterocycles. The summed E-state index contributed by atoms with van der Waals surface area (Å²) in [4.78, 5) is 0. The van der Waals surface area contributed by atoms with Gasteiger partial charge in [-0.2, -0.15) is 9.98 Å². The average Bonchev–Trinajstić information content (AvgIpc) is 2.15. The Morgan fingerprint density at radius 3 is 2.18 bits per heavy atom. The van der Waals surface area contributed by atoms with Crippen molar-refractivity contribution in [3.63, 3.8) is 0 Å². The molecule has 0 unspecified atom stereocenters. The van der Waals surface area contributed by atoms with Gasteiger partial charge in [0.15, 0.2) is 0 Å². The lowest BCUT2D eigenvalue weighted by atomic mass is 10.1. The molecule has 0 radical (unpaired) electrons. The molecule has 1 rings (SSSR count). The van der Waals surface area contributed by atoms with Gasteiger partial charge in [0.1, 0.15) is 15.4 Å². The van der Waals surface area contributed by atoms with E-state index >= 15 is 0 Å². The van der Waals surface area contributed by atoms with Gasteiger partial charge in [0.05, 0.1) is 22.8 Å². The number of hydrogen-bond acceptors (Lipinski definition) is 5. The maximum Gasteiger partial charge on any atom is 0.215 e. The Balaban J connectivity index is 2.78. The van der Waals surface area contributed by atoms with Crippen LogP contribution in [-0.4, -0.2) is 39.1 Å². The van der Waals surface area contributed by atoms with Crippen LogP contribution in [0.15, 0.2) is 0 Å². The minimum Gasteiger partial charge on any atom is -0.229 e. The fourth-order valence-electron chi connectivity index (χ4n) is 1.64. The number of sulfonamides is 1. The lowest BCUT2D eigenvalue weighted by Crippen LogP contribution is -2.48. The number of sulfone groups is 1. The predicted octanol–water partition coefficient (Wildman–Crippen LogP) is -0.215. The third kappa shape index (κ3) is 3.94. The molecule has 1 saturated heterocycles. The summed E-state index contributed by atoms with van der Waals surface area (Å²) in [6.07, 6.45) is 0.193. The van der Waals surface area contributed by atoms with E-state index in [-0.39, 0.29) is 24.3 Å². The fraction of sp³-hybridized carbons (Fsp3) is 0.889. The van der Waals surface area contributed by atoms with Gasteiger partial charge in [-0.3, -0.25) is 0 Å². The van der Waals surface area contributed by atoms with Crippen LogP contribution in [-0.2, 0) is 19.9 Å². The normalized spacial score (nSPS) is 21.9. The van der Waals surface area contributed by atoms with Crippen molar-refractivity contribution >= 4 is 19.9 Å². The zero-order valence-electron chi connectivity index (χ0n) is 9.80. The van der Waals surface area contributed by atoms with Crippen LogP contribution >= 0.6 is 0 Å². The molecule has 1 aliphatic heterocycles. The molecule has 0 spiro atoms. The number of hydrogen-bond donors (Lipinski definition) is 1. The highest BCUT2D eigenvalue weighted by atomic mass is 32.2. The zero-order valence-corrected chi connectivity index (χ0v) is 11.4. The monoisotopic (exact) mass is 280 g/mol. The zero-order chi connectivity index (χ0) is 13.3. The Morgan fingerprint density at radius 1 is 1.29 bits per heavy atom. The molecule has 0 aliphatic carbocycles. The van der Waals surface area contributed by atoms with Crippen molar-refractivity contribution in [3.8, 4) is 6.07 Å². The van der Waals surface area contributed by atoms with Crippen LogP contribution in [0.3, 0.4) is 0 Å². The van der Waals surface area contributed by atoms with E-state index in [1.54, 1.807) is 0 Å². The molecule has 0 aromatic rings. The summed E-state index contributed by atoms with van der Waals surface area (Å²) in [5.74, 6) is -0.211. The van der Waals surface area contributed by atoms with Crippen LogP contribution < -0.4 is 4.72 Å². The Morgan fingerprint density at radius 2 is 1.76 bits per heavy atom. The van der Waals surface area contributed by atoms with Crippen LogP contribution in [0.1, 0.15) is 26.7 Å². The molecule has 17 heavy (non-hydrogen) atoms. The molecule has 0 aromatic heterocycles. The maximum absolute atomic E-state index is 11.9. The Kier molecular flexibility index (Phi) is 3.86. The second-order valence-electron chi connectivity index (χ2n) is 4.74. The molecule has 1 aliphatic rings. The first-order valence-corrected chi connectivity index (χ1v) is 8.59. The molecule has 0 bridgehead atoms. The quantitative estimate of drug-likeness (QED) is 0.770. The van der Waals surface area contributed by atoms with Crippen molar-refractivity contribution in [1.82, 2.24) is 4.72 Å². The second kappa shape index (κ2) is 4.55. The maximum atomic E-state index is 11.9. The van der Waals surface area contributed by atoms with Gasteiger partial charge < -0.3 is 0 Å². The molecular weight excluding hydrogens is 264 g/mol. The van der Waals surface area contributed by atoms with E-state index in [2.05, 4.69) is 4.72 Å². The minimum absolute atomic E-state index is 0.0964. The standard InChI is InChI=1S/C9H16N2O4S2/c1-9(2,7-10)11-17(14,15)8-3-5-16(12,13)6-4-8/h8,11H,3-6H2,1-2H3. The van der Waals surface area contributed by atoms with Gasteiger partial charge in [-0.15, -0.1) is 0 Å². The largest absolute Gasteiger partial charge is 0.229 e. The molecule has 98 valence electrons. The van der Waals surface area contributed by atoms with Gasteiger partial charge in [0.2, 0.25) is 10.0 Å². The fourth-order valence-corrected chi connectivity index (χ4v) is 5.21. The Bertz CT molecular complexity index is 514. The lowest BCUT2D eigenvalue weighted by Gasteiger charge is -2.26. The van der Waals surface area contributed by atoms with Crippen LogP contribution in [0.2, 0.25) is 0 Å². The number of rotatable bonds is 3. The van der Waals surface area contributed by atoms with E-state index in [0.29, 0.717) is 0 Å². The summed E-state index contributed by atoms with van der Waals surface area (Å²) in [6.45, 7) is 2.92. The first-order chi connectivity index (χ1) is 7.58. The van der Waals surface area contributed by atoms with E-state index in [1.807, 2.05) is 6.07 Å². The highest BCUT2D eigenvalue weighted by Gasteiger charge is 2.35. The second-order valence-corrected chi connectivity index (χ2v) is 9.00. The molecule has 8 heteroatoms. The van der Waals surface area contributed by atoms with Crippen molar-refractivity contribution < 1.29 is 16.8 Å². The van der Waals surface area contributed by atoms with E-state index in [0.717, 1.165) is 0 Å². The molecule has 0 saturated carbocycles. The van der Waals surface area contributed by atoms with Crippen molar-refractivity contribution in [2.45, 2.75) is 37.5 Å². The van der Waals surface area contributed by atoms with Crippen molar-refractivity contribution in [3.05, 3.63) is 0 Å². The van der Waals surface area contributed by atoms with E-state index < -0.39 is 30.6 Å². The summed E-state index contributed by atoms with van der Waals surface area (Å²) in [5, 5.41) is 8.04. The SMILES string of the molecule is CC(C)(C#N)NS(=O)(=O)C1CCS(=O)(=O)CC1. The van der Waals surface area contributed by atoms with Crippen molar-refractivity contribution in [1.29, 1.82) is 5.26 Å². The number of nitriles is 1. The van der Waals surface area contributed by atoms with Gasteiger partial charge in [-0.1, -0.05) is 0 Å². The van der Waals surface area contributed by atoms with Gasteiger partial charge in [-0.25, -0.2) is 16.8 Å². The number of nitrogens with zero attached hydrogens (tertiary/aromatic N) is 1. The summed E-state index contributed by atoms with van der Waals surface area (Å²) >= 11 is 0. The highest BCUT2D eigenvalue weighted by Crippen LogP contribution is 2.20. The highest BCUT2D eigenvalue weighted by molar-refractivity contribution is 7.92. The smallest absolute Gasteiger partial charge is 0.215 e. The van der Waals surface area contributed by atoms with Crippen molar-refractivity contribution in [2.24, 2.45) is 0 Å². The number of nitrogens with one attached hydrogen (secondary N) is 1. The molecule has 6 nitrogen and oxygen atoms in total. The van der Waals surface area contributed by atoms with Crippen LogP contribution in [0.4, 0.5) is 0 Å². The molecule has 0 amide bonds. The summed E-state index contributed by atoms with van der Waals surface area (Å²) < 4.78 is 48.5. The molecule has 0 aromatic carbocycles. The topological polar surface area (TPSA) is 104 Å². The predicted molar refractivity (Wildman–Crippen MR) is 63.4 cm³/mol. The lowest BCUT2D eigenvalue weighted by molar-refractivity contribution is 0.512. The van der Waals surface area contributed by atoms with Crippen LogP contribution in [0, 0.1) is 11.3 Å². The van der Waals surface area contributed by atoms with Gasteiger partial charge >= 0.3 is 0 Å². The van der Waals surface area contributed by atoms with Gasteiger partial charge in [0.25, 0.3) is 0 Å². The van der Waals surface area contributed by atoms with Crippen LogP contribution in [0.25, 0.3) is 0 Å². The van der Waals surface area contributed by atoms with E-state index in [1.165, 1.54) is 13.8 Å². The summed E-state index contributed by atoms with van der Waals surface area (Å²) in [6, 6.07) is 1.84. The van der Waals surface area contributed by atoms with Crippen LogP contribution in [0.5, 0.6) is 0 Å². The molecule has 0 atom stereocenters. The minimum atomic E-state index is -3.64. The van der Waals surface area contributed by atoms with E-state index in [4.69, 9.17) is 5.26 Å². The Hall–Kier alpha value is -0.650. The third-order valence-corrected chi connectivity index (χ3v) is 6.48. The Labute approximate surface area is 102 Å². The summed E-state index contributed by atoms with van der Waals surface area (Å²) in [7, 11) is -6.72. The van der Waals surface area contributed by atoms with Gasteiger partial charge in [0, 0.05) is 0 Å². The third-order valence-electron chi connectivity index (χ3n) is 2.62. The van der Waals surface area contributed by atoms with Gasteiger partial charge in [-0.05, 0) is 26.7 Å². The first kappa shape index (κ1) is 14.4. The van der Waals surface area contributed by atoms with Crippen molar-refractivity contribution in [2.75, 3.05) is 11.5 Å². The molecular formula is C9H16N2O4S2.